The second kappa shape index (κ2) is 6.83. The van der Waals surface area contributed by atoms with Crippen molar-refractivity contribution in [1.29, 1.82) is 0 Å². The Bertz CT molecular complexity index is 320. The zero-order valence-corrected chi connectivity index (χ0v) is 11.0. The van der Waals surface area contributed by atoms with Crippen molar-refractivity contribution in [3.63, 3.8) is 0 Å². The van der Waals surface area contributed by atoms with Crippen LogP contribution in [0.5, 0.6) is 0 Å². The molecule has 1 amide bonds. The third-order valence-electron chi connectivity index (χ3n) is 1.82. The summed E-state index contributed by atoms with van der Waals surface area (Å²) >= 11 is 0. The van der Waals surface area contributed by atoms with Gasteiger partial charge >= 0.3 is 18.0 Å². The molecule has 7 heteroatoms. The van der Waals surface area contributed by atoms with Gasteiger partial charge in [-0.05, 0) is 27.2 Å². The molecule has 0 fully saturated rings. The van der Waals surface area contributed by atoms with Gasteiger partial charge in [-0.15, -0.1) is 0 Å². The average molecular weight is 261 g/mol. The molecule has 0 aliphatic carbocycles. The number of hydrogen-bond donors (Lipinski definition) is 2. The fourth-order valence-corrected chi connectivity index (χ4v) is 1.09. The highest BCUT2D eigenvalue weighted by atomic mass is 16.6. The topological polar surface area (TPSA) is 102 Å². The smallest absolute Gasteiger partial charge is 0.407 e. The molecular formula is C11H19NO6. The molecule has 2 N–H and O–H groups in total. The van der Waals surface area contributed by atoms with Gasteiger partial charge in [-0.3, -0.25) is 4.79 Å². The summed E-state index contributed by atoms with van der Waals surface area (Å²) in [5, 5.41) is 10.8. The second-order valence-corrected chi connectivity index (χ2v) is 4.65. The number of rotatable bonds is 5. The summed E-state index contributed by atoms with van der Waals surface area (Å²) < 4.78 is 9.44. The van der Waals surface area contributed by atoms with Crippen LogP contribution >= 0.6 is 0 Å². The number of esters is 1. The van der Waals surface area contributed by atoms with Crippen LogP contribution in [0.2, 0.25) is 0 Å². The number of carbonyl (C=O) groups excluding carboxylic acids is 2. The Hall–Kier alpha value is -1.79. The Morgan fingerprint density at radius 2 is 1.83 bits per heavy atom. The van der Waals surface area contributed by atoms with Gasteiger partial charge in [0.15, 0.2) is 0 Å². The molecule has 0 heterocycles. The lowest BCUT2D eigenvalue weighted by molar-refractivity contribution is -0.157. The minimum Gasteiger partial charge on any atom is -0.481 e. The molecule has 1 unspecified atom stereocenters. The molecule has 0 aromatic rings. The van der Waals surface area contributed by atoms with Gasteiger partial charge in [0.25, 0.3) is 0 Å². The third kappa shape index (κ3) is 7.48. The molecule has 0 saturated carbocycles. The number of nitrogens with one attached hydrogen (secondary N) is 1. The Labute approximate surface area is 105 Å². The van der Waals surface area contributed by atoms with Crippen LogP contribution in [-0.4, -0.2) is 41.9 Å². The molecule has 0 aliphatic heterocycles. The van der Waals surface area contributed by atoms with Crippen molar-refractivity contribution in [2.45, 2.75) is 45.3 Å². The fourth-order valence-electron chi connectivity index (χ4n) is 1.09. The predicted molar refractivity (Wildman–Crippen MR) is 62.0 cm³/mol. The molecule has 104 valence electrons. The summed E-state index contributed by atoms with van der Waals surface area (Å²) in [7, 11) is 1.15. The van der Waals surface area contributed by atoms with E-state index in [1.165, 1.54) is 0 Å². The van der Waals surface area contributed by atoms with Gasteiger partial charge in [-0.25, -0.2) is 9.59 Å². The number of aliphatic carboxylic acids is 1. The molecule has 0 bridgehead atoms. The van der Waals surface area contributed by atoms with E-state index in [-0.39, 0.29) is 12.8 Å². The summed E-state index contributed by atoms with van der Waals surface area (Å²) in [5.41, 5.74) is -0.712. The lowest BCUT2D eigenvalue weighted by Crippen LogP contribution is -2.44. The molecule has 18 heavy (non-hydrogen) atoms. The number of carboxylic acid groups (broad SMARTS) is 1. The zero-order valence-electron chi connectivity index (χ0n) is 11.0. The van der Waals surface area contributed by atoms with Crippen LogP contribution < -0.4 is 5.32 Å². The summed E-state index contributed by atoms with van der Waals surface area (Å²) in [6.45, 7) is 5.03. The number of alkyl carbamates (subject to hydrolysis) is 1. The van der Waals surface area contributed by atoms with Gasteiger partial charge in [-0.1, -0.05) is 0 Å². The number of methoxy groups -OCH3 is 1. The zero-order chi connectivity index (χ0) is 14.3. The Morgan fingerprint density at radius 3 is 2.22 bits per heavy atom. The predicted octanol–water partition coefficient (Wildman–Crippen LogP) is 0.917. The Kier molecular flexibility index (Phi) is 6.15. The minimum atomic E-state index is -1.06. The monoisotopic (exact) mass is 261 g/mol. The van der Waals surface area contributed by atoms with E-state index in [2.05, 4.69) is 10.1 Å². The summed E-state index contributed by atoms with van der Waals surface area (Å²) in [4.78, 5) is 33.3. The molecule has 1 atom stereocenters. The van der Waals surface area contributed by atoms with Crippen LogP contribution in [0.1, 0.15) is 33.6 Å². The Morgan fingerprint density at radius 1 is 1.28 bits per heavy atom. The average Bonchev–Trinajstić information content (AvgIpc) is 2.20. The maximum Gasteiger partial charge on any atom is 0.407 e. The van der Waals surface area contributed by atoms with Crippen LogP contribution in [0.25, 0.3) is 0 Å². The summed E-state index contributed by atoms with van der Waals surface area (Å²) in [6, 6.07) is -1.03. The summed E-state index contributed by atoms with van der Waals surface area (Å²) in [5.74, 6) is -1.75. The quantitative estimate of drug-likeness (QED) is 0.713. The first-order valence-corrected chi connectivity index (χ1v) is 5.45. The van der Waals surface area contributed by atoms with Crippen LogP contribution in [0.15, 0.2) is 0 Å². The van der Waals surface area contributed by atoms with E-state index in [1.54, 1.807) is 20.8 Å². The van der Waals surface area contributed by atoms with E-state index >= 15 is 0 Å². The van der Waals surface area contributed by atoms with Crippen molar-refractivity contribution in [2.24, 2.45) is 0 Å². The maximum atomic E-state index is 11.7. The molecule has 0 rings (SSSR count). The molecular weight excluding hydrogens is 242 g/mol. The molecule has 0 aromatic carbocycles. The van der Waals surface area contributed by atoms with Gasteiger partial charge in [0.05, 0.1) is 7.11 Å². The van der Waals surface area contributed by atoms with Crippen LogP contribution in [0.3, 0.4) is 0 Å². The van der Waals surface area contributed by atoms with Gasteiger partial charge in [0.1, 0.15) is 11.6 Å². The molecule has 0 aromatic heterocycles. The highest BCUT2D eigenvalue weighted by Gasteiger charge is 2.27. The highest BCUT2D eigenvalue weighted by molar-refractivity contribution is 5.82. The lowest BCUT2D eigenvalue weighted by atomic mass is 10.1. The standard InChI is InChI=1S/C11H19NO6/c1-11(2,3)18-9(15)7(5-6-8(13)14)12-10(16)17-4/h7H,5-6H2,1-4H3,(H,12,16)(H,13,14). The van der Waals surface area contributed by atoms with Crippen molar-refractivity contribution in [3.8, 4) is 0 Å². The number of hydrogen-bond acceptors (Lipinski definition) is 5. The summed E-state index contributed by atoms with van der Waals surface area (Å²) in [6.07, 6.45) is -1.12. The Balaban J connectivity index is 4.58. The molecule has 0 radical (unpaired) electrons. The fraction of sp³-hybridized carbons (Fsp3) is 0.727. The normalized spacial score (nSPS) is 12.4. The number of ether oxygens (including phenoxy) is 2. The minimum absolute atomic E-state index is 0.0562. The molecule has 0 aliphatic rings. The van der Waals surface area contributed by atoms with E-state index in [0.29, 0.717) is 0 Å². The molecule has 7 nitrogen and oxygen atoms in total. The first kappa shape index (κ1) is 16.2. The van der Waals surface area contributed by atoms with E-state index in [4.69, 9.17) is 9.84 Å². The first-order valence-electron chi connectivity index (χ1n) is 5.45. The van der Waals surface area contributed by atoms with Crippen LogP contribution in [0, 0.1) is 0 Å². The van der Waals surface area contributed by atoms with Gasteiger partial charge in [-0.2, -0.15) is 0 Å². The van der Waals surface area contributed by atoms with Crippen molar-refractivity contribution in [1.82, 2.24) is 5.32 Å². The second-order valence-electron chi connectivity index (χ2n) is 4.65. The lowest BCUT2D eigenvalue weighted by Gasteiger charge is -2.23. The first-order chi connectivity index (χ1) is 8.15. The van der Waals surface area contributed by atoms with Crippen LogP contribution in [0.4, 0.5) is 4.79 Å². The van der Waals surface area contributed by atoms with Gasteiger partial charge in [0.2, 0.25) is 0 Å². The van der Waals surface area contributed by atoms with Crippen molar-refractivity contribution < 1.29 is 29.0 Å². The van der Waals surface area contributed by atoms with Crippen molar-refractivity contribution in [2.75, 3.05) is 7.11 Å². The van der Waals surface area contributed by atoms with Crippen molar-refractivity contribution >= 4 is 18.0 Å². The van der Waals surface area contributed by atoms with E-state index in [1.807, 2.05) is 0 Å². The highest BCUT2D eigenvalue weighted by Crippen LogP contribution is 2.11. The van der Waals surface area contributed by atoms with E-state index in [9.17, 15) is 14.4 Å². The number of amides is 1. The van der Waals surface area contributed by atoms with E-state index < -0.39 is 29.7 Å². The number of carboxylic acids is 1. The van der Waals surface area contributed by atoms with E-state index in [0.717, 1.165) is 7.11 Å². The van der Waals surface area contributed by atoms with Gasteiger partial charge < -0.3 is 19.9 Å². The maximum absolute atomic E-state index is 11.7. The largest absolute Gasteiger partial charge is 0.481 e. The van der Waals surface area contributed by atoms with Gasteiger partial charge in [0, 0.05) is 6.42 Å². The number of carbonyl (C=O) groups is 3. The molecule has 0 saturated heterocycles. The van der Waals surface area contributed by atoms with Crippen LogP contribution in [-0.2, 0) is 19.1 Å². The van der Waals surface area contributed by atoms with Crippen molar-refractivity contribution in [3.05, 3.63) is 0 Å². The third-order valence-corrected chi connectivity index (χ3v) is 1.82. The molecule has 0 spiro atoms. The SMILES string of the molecule is COC(=O)NC(CCC(=O)O)C(=O)OC(C)(C)C.